The lowest BCUT2D eigenvalue weighted by Crippen LogP contribution is -2.35. The first-order valence-electron chi connectivity index (χ1n) is 7.70. The lowest BCUT2D eigenvalue weighted by Gasteiger charge is -2.12. The summed E-state index contributed by atoms with van der Waals surface area (Å²) in [5.41, 5.74) is 0.325. The predicted octanol–water partition coefficient (Wildman–Crippen LogP) is 3.21. The molecular weight excluding hydrogens is 376 g/mol. The molecule has 1 aromatic carbocycles. The number of halogens is 1. The van der Waals surface area contributed by atoms with Crippen molar-refractivity contribution in [3.05, 3.63) is 57.5 Å². The topological polar surface area (TPSA) is 89.0 Å². The minimum absolute atomic E-state index is 0.0137. The van der Waals surface area contributed by atoms with Crippen molar-refractivity contribution in [2.75, 3.05) is 0 Å². The number of oxime groups is 1. The second-order valence-electron chi connectivity index (χ2n) is 5.68. The Morgan fingerprint density at radius 1 is 1.21 bits per heavy atom. The zero-order valence-electron chi connectivity index (χ0n) is 12.9. The first-order valence-corrected chi connectivity index (χ1v) is 8.50. The zero-order valence-corrected chi connectivity index (χ0v) is 14.4. The number of hydrogen-bond acceptors (Lipinski definition) is 5. The van der Waals surface area contributed by atoms with Gasteiger partial charge in [0.2, 0.25) is 0 Å². The van der Waals surface area contributed by atoms with Crippen molar-refractivity contribution in [2.45, 2.75) is 31.8 Å². The van der Waals surface area contributed by atoms with Crippen LogP contribution < -0.4 is 4.73 Å². The van der Waals surface area contributed by atoms with Gasteiger partial charge in [-0.1, -0.05) is 21.1 Å². The molecule has 2 aromatic rings. The van der Waals surface area contributed by atoms with Crippen LogP contribution in [0.1, 0.15) is 36.9 Å². The molecule has 1 aliphatic carbocycles. The van der Waals surface area contributed by atoms with Crippen LogP contribution in [0.5, 0.6) is 11.5 Å². The van der Waals surface area contributed by atoms with Gasteiger partial charge in [-0.3, -0.25) is 0 Å². The van der Waals surface area contributed by atoms with E-state index in [0.29, 0.717) is 14.8 Å². The van der Waals surface area contributed by atoms with Gasteiger partial charge in [0.1, 0.15) is 11.9 Å². The normalized spacial score (nSPS) is 15.6. The maximum absolute atomic E-state index is 12.2. The first kappa shape index (κ1) is 16.6. The number of phenols is 1. The van der Waals surface area contributed by atoms with Crippen molar-refractivity contribution in [2.24, 2.45) is 5.16 Å². The van der Waals surface area contributed by atoms with E-state index < -0.39 is 0 Å². The van der Waals surface area contributed by atoms with Crippen molar-refractivity contribution < 1.29 is 19.8 Å². The molecule has 0 atom stereocenters. The van der Waals surface area contributed by atoms with Crippen molar-refractivity contribution in [1.82, 2.24) is 0 Å². The molecule has 1 aliphatic rings. The SMILES string of the molecule is [O-][n+]1cccc(O)c1/C(=N\OC1CCCC1)c1cc(Br)ccc1O. The summed E-state index contributed by atoms with van der Waals surface area (Å²) in [5, 5.41) is 36.6. The van der Waals surface area contributed by atoms with Crippen LogP contribution >= 0.6 is 15.9 Å². The van der Waals surface area contributed by atoms with Crippen LogP contribution in [0.25, 0.3) is 0 Å². The Hall–Kier alpha value is -2.28. The van der Waals surface area contributed by atoms with Gasteiger partial charge in [0.25, 0.3) is 5.69 Å². The van der Waals surface area contributed by atoms with E-state index in [0.717, 1.165) is 25.7 Å². The summed E-state index contributed by atoms with van der Waals surface area (Å²) in [6.45, 7) is 0. The molecule has 0 saturated heterocycles. The monoisotopic (exact) mass is 392 g/mol. The third kappa shape index (κ3) is 3.46. The van der Waals surface area contributed by atoms with E-state index in [1.54, 1.807) is 12.1 Å². The Kier molecular flexibility index (Phi) is 4.89. The molecule has 0 bridgehead atoms. The van der Waals surface area contributed by atoms with E-state index in [2.05, 4.69) is 21.1 Å². The molecule has 0 radical (unpaired) electrons. The van der Waals surface area contributed by atoms with Gasteiger partial charge in [0.15, 0.2) is 17.7 Å². The minimum Gasteiger partial charge on any atom is -0.618 e. The molecule has 24 heavy (non-hydrogen) atoms. The van der Waals surface area contributed by atoms with Crippen molar-refractivity contribution in [1.29, 1.82) is 0 Å². The van der Waals surface area contributed by atoms with Gasteiger partial charge in [-0.2, -0.15) is 4.73 Å². The van der Waals surface area contributed by atoms with Gasteiger partial charge in [0.05, 0.1) is 5.56 Å². The lowest BCUT2D eigenvalue weighted by atomic mass is 10.1. The largest absolute Gasteiger partial charge is 0.618 e. The van der Waals surface area contributed by atoms with Crippen molar-refractivity contribution in [3.63, 3.8) is 0 Å². The third-order valence-electron chi connectivity index (χ3n) is 3.97. The van der Waals surface area contributed by atoms with Gasteiger partial charge in [-0.15, -0.1) is 0 Å². The fourth-order valence-electron chi connectivity index (χ4n) is 2.74. The number of aromatic hydroxyl groups is 2. The first-order chi connectivity index (χ1) is 11.6. The second-order valence-corrected chi connectivity index (χ2v) is 6.60. The van der Waals surface area contributed by atoms with E-state index >= 15 is 0 Å². The number of aromatic nitrogens is 1. The number of hydrogen-bond donors (Lipinski definition) is 2. The number of phenolic OH excluding ortho intramolecular Hbond substituents is 1. The average Bonchev–Trinajstić information content (AvgIpc) is 3.06. The van der Waals surface area contributed by atoms with Crippen molar-refractivity contribution >= 4 is 21.6 Å². The highest BCUT2D eigenvalue weighted by Crippen LogP contribution is 2.28. The fraction of sp³-hybridized carbons (Fsp3) is 0.294. The summed E-state index contributed by atoms with van der Waals surface area (Å²) < 4.78 is 1.21. The van der Waals surface area contributed by atoms with Crippen LogP contribution in [-0.4, -0.2) is 22.0 Å². The van der Waals surface area contributed by atoms with Crippen LogP contribution in [0.3, 0.4) is 0 Å². The number of rotatable bonds is 4. The number of nitrogens with zero attached hydrogens (tertiary/aromatic N) is 2. The molecule has 0 aliphatic heterocycles. The molecule has 0 amide bonds. The Morgan fingerprint density at radius 3 is 2.67 bits per heavy atom. The van der Waals surface area contributed by atoms with Gasteiger partial charge in [-0.05, 0) is 49.9 Å². The fourth-order valence-corrected chi connectivity index (χ4v) is 3.10. The molecule has 6 nitrogen and oxygen atoms in total. The highest BCUT2D eigenvalue weighted by atomic mass is 79.9. The summed E-state index contributed by atoms with van der Waals surface area (Å²) in [6, 6.07) is 7.61. The number of benzene rings is 1. The summed E-state index contributed by atoms with van der Waals surface area (Å²) in [6.07, 6.45) is 5.21. The standard InChI is InChI=1S/C17H17BrN2O4/c18-11-7-8-14(21)13(10-11)16(19-24-12-4-1-2-5-12)17-15(22)6-3-9-20(17)23/h3,6-10,12,21-22H,1-2,4-5H2/b19-16-. The highest BCUT2D eigenvalue weighted by molar-refractivity contribution is 9.10. The molecule has 1 heterocycles. The summed E-state index contributed by atoms with van der Waals surface area (Å²) in [4.78, 5) is 5.58. The Bertz CT molecular complexity index is 753. The molecule has 0 unspecified atom stereocenters. The molecule has 7 heteroatoms. The summed E-state index contributed by atoms with van der Waals surface area (Å²) in [7, 11) is 0. The maximum atomic E-state index is 12.2. The predicted molar refractivity (Wildman–Crippen MR) is 91.9 cm³/mol. The molecule has 3 rings (SSSR count). The molecule has 1 aromatic heterocycles. The zero-order chi connectivity index (χ0) is 17.1. The Labute approximate surface area is 147 Å². The van der Waals surface area contributed by atoms with Gasteiger partial charge in [-0.25, -0.2) is 0 Å². The molecule has 2 N–H and O–H groups in total. The third-order valence-corrected chi connectivity index (χ3v) is 4.47. The minimum atomic E-state index is -0.236. The van der Waals surface area contributed by atoms with Crippen LogP contribution in [0.15, 0.2) is 46.2 Å². The van der Waals surface area contributed by atoms with Gasteiger partial charge >= 0.3 is 0 Å². The highest BCUT2D eigenvalue weighted by Gasteiger charge is 2.26. The van der Waals surface area contributed by atoms with E-state index in [1.165, 1.54) is 24.4 Å². The van der Waals surface area contributed by atoms with Gasteiger partial charge < -0.3 is 20.3 Å². The molecule has 1 saturated carbocycles. The van der Waals surface area contributed by atoms with E-state index in [-0.39, 0.29) is 29.0 Å². The van der Waals surface area contributed by atoms with Crippen LogP contribution in [-0.2, 0) is 4.84 Å². The van der Waals surface area contributed by atoms with Crippen molar-refractivity contribution in [3.8, 4) is 11.5 Å². The molecule has 1 fully saturated rings. The lowest BCUT2D eigenvalue weighted by molar-refractivity contribution is -0.607. The quantitative estimate of drug-likeness (QED) is 0.361. The van der Waals surface area contributed by atoms with E-state index in [4.69, 9.17) is 4.84 Å². The Morgan fingerprint density at radius 2 is 1.96 bits per heavy atom. The van der Waals surface area contributed by atoms with E-state index in [1.807, 2.05) is 0 Å². The van der Waals surface area contributed by atoms with E-state index in [9.17, 15) is 15.4 Å². The van der Waals surface area contributed by atoms with Crippen LogP contribution in [0.4, 0.5) is 0 Å². The average molecular weight is 393 g/mol. The molecule has 126 valence electrons. The summed E-state index contributed by atoms with van der Waals surface area (Å²) >= 11 is 3.34. The number of pyridine rings is 1. The van der Waals surface area contributed by atoms with Crippen LogP contribution in [0, 0.1) is 5.21 Å². The van der Waals surface area contributed by atoms with Crippen LogP contribution in [0.2, 0.25) is 0 Å². The second kappa shape index (κ2) is 7.09. The summed E-state index contributed by atoms with van der Waals surface area (Å²) in [5.74, 6) is -0.295. The Balaban J connectivity index is 2.10. The van der Waals surface area contributed by atoms with Gasteiger partial charge in [0, 0.05) is 10.5 Å². The smallest absolute Gasteiger partial charge is 0.288 e. The molecule has 0 spiro atoms. The molecular formula is C17H17BrN2O4. The maximum Gasteiger partial charge on any atom is 0.288 e.